The van der Waals surface area contributed by atoms with E-state index in [1.165, 1.54) is 41.3 Å². The molecule has 0 amide bonds. The van der Waals surface area contributed by atoms with Crippen molar-refractivity contribution in [3.63, 3.8) is 0 Å². The summed E-state index contributed by atoms with van der Waals surface area (Å²) in [6.45, 7) is 2.19. The number of hydrogen-bond acceptors (Lipinski definition) is 2. The van der Waals surface area contributed by atoms with E-state index < -0.39 is 0 Å². The molecule has 3 rings (SSSR count). The van der Waals surface area contributed by atoms with Gasteiger partial charge >= 0.3 is 0 Å². The van der Waals surface area contributed by atoms with Crippen LogP contribution in [0.25, 0.3) is 10.4 Å². The van der Waals surface area contributed by atoms with Crippen molar-refractivity contribution in [2.24, 2.45) is 0 Å². The number of rotatable bonds is 4. The second kappa shape index (κ2) is 6.04. The van der Waals surface area contributed by atoms with E-state index in [0.29, 0.717) is 5.92 Å². The highest BCUT2D eigenvalue weighted by Crippen LogP contribution is 2.41. The Morgan fingerprint density at radius 2 is 1.90 bits per heavy atom. The standard InChI is InChI=1S/C17H20FNS/c1-2-5-15-19-16(12-6-3-4-7-12)17(20-15)13-8-10-14(18)11-9-13/h8-12H,2-7H2,1H3. The highest BCUT2D eigenvalue weighted by molar-refractivity contribution is 7.15. The van der Waals surface area contributed by atoms with Crippen molar-refractivity contribution >= 4 is 11.3 Å². The van der Waals surface area contributed by atoms with Gasteiger partial charge in [-0.25, -0.2) is 9.37 Å². The third-order valence-corrected chi connectivity index (χ3v) is 5.19. The molecule has 106 valence electrons. The molecule has 1 saturated carbocycles. The van der Waals surface area contributed by atoms with Crippen molar-refractivity contribution in [3.8, 4) is 10.4 Å². The molecule has 0 radical (unpaired) electrons. The lowest BCUT2D eigenvalue weighted by Gasteiger charge is -2.08. The monoisotopic (exact) mass is 289 g/mol. The summed E-state index contributed by atoms with van der Waals surface area (Å²) in [4.78, 5) is 6.17. The zero-order chi connectivity index (χ0) is 13.9. The second-order valence-electron chi connectivity index (χ2n) is 5.56. The largest absolute Gasteiger partial charge is 0.245 e. The molecule has 0 saturated heterocycles. The van der Waals surface area contributed by atoms with Crippen LogP contribution in [0.3, 0.4) is 0 Å². The normalized spacial score (nSPS) is 15.9. The third kappa shape index (κ3) is 2.78. The van der Waals surface area contributed by atoms with Gasteiger partial charge in [0.1, 0.15) is 5.82 Å². The van der Waals surface area contributed by atoms with Crippen LogP contribution in [-0.2, 0) is 6.42 Å². The highest BCUT2D eigenvalue weighted by Gasteiger charge is 2.24. The number of benzene rings is 1. The van der Waals surface area contributed by atoms with Gasteiger partial charge in [-0.05, 0) is 43.4 Å². The molecule has 2 aromatic rings. The van der Waals surface area contributed by atoms with Gasteiger partial charge in [0.2, 0.25) is 0 Å². The molecule has 0 bridgehead atoms. The van der Waals surface area contributed by atoms with Crippen LogP contribution >= 0.6 is 11.3 Å². The van der Waals surface area contributed by atoms with Crippen LogP contribution < -0.4 is 0 Å². The molecule has 20 heavy (non-hydrogen) atoms. The van der Waals surface area contributed by atoms with E-state index in [4.69, 9.17) is 4.98 Å². The first-order valence-corrected chi connectivity index (χ1v) is 8.35. The van der Waals surface area contributed by atoms with E-state index in [1.54, 1.807) is 23.5 Å². The average Bonchev–Trinajstić information content (AvgIpc) is 3.08. The first kappa shape index (κ1) is 13.7. The van der Waals surface area contributed by atoms with Gasteiger partial charge in [0.25, 0.3) is 0 Å². The summed E-state index contributed by atoms with van der Waals surface area (Å²) >= 11 is 1.80. The van der Waals surface area contributed by atoms with Crippen LogP contribution in [-0.4, -0.2) is 4.98 Å². The van der Waals surface area contributed by atoms with Gasteiger partial charge in [-0.15, -0.1) is 11.3 Å². The molecule has 1 heterocycles. The van der Waals surface area contributed by atoms with Crippen molar-refractivity contribution in [2.45, 2.75) is 51.4 Å². The van der Waals surface area contributed by atoms with E-state index in [9.17, 15) is 4.39 Å². The van der Waals surface area contributed by atoms with Crippen molar-refractivity contribution in [2.75, 3.05) is 0 Å². The van der Waals surface area contributed by atoms with Crippen molar-refractivity contribution in [1.82, 2.24) is 4.98 Å². The van der Waals surface area contributed by atoms with Gasteiger partial charge in [0.05, 0.1) is 15.6 Å². The SMILES string of the molecule is CCCc1nc(C2CCCC2)c(-c2ccc(F)cc2)s1. The van der Waals surface area contributed by atoms with Gasteiger partial charge in [-0.1, -0.05) is 31.9 Å². The Labute approximate surface area is 123 Å². The molecule has 1 aromatic heterocycles. The summed E-state index contributed by atoms with van der Waals surface area (Å²) in [7, 11) is 0. The third-order valence-electron chi connectivity index (χ3n) is 4.01. The lowest BCUT2D eigenvalue weighted by atomic mass is 10.0. The predicted octanol–water partition coefficient (Wildman–Crippen LogP) is 5.56. The molecular formula is C17H20FNS. The Bertz CT molecular complexity index is 567. The summed E-state index contributed by atoms with van der Waals surface area (Å²) in [5.74, 6) is 0.436. The maximum Gasteiger partial charge on any atom is 0.123 e. The van der Waals surface area contributed by atoms with Gasteiger partial charge in [0.15, 0.2) is 0 Å². The number of aromatic nitrogens is 1. The molecule has 1 nitrogen and oxygen atoms in total. The number of thiazole rings is 1. The number of halogens is 1. The molecule has 3 heteroatoms. The van der Waals surface area contributed by atoms with Crippen LogP contribution in [0.4, 0.5) is 4.39 Å². The summed E-state index contributed by atoms with van der Waals surface area (Å²) < 4.78 is 13.1. The number of hydrogen-bond donors (Lipinski definition) is 0. The maximum atomic E-state index is 13.1. The minimum atomic E-state index is -0.172. The first-order valence-electron chi connectivity index (χ1n) is 7.53. The summed E-state index contributed by atoms with van der Waals surface area (Å²) in [5.41, 5.74) is 2.38. The summed E-state index contributed by atoms with van der Waals surface area (Å²) in [6, 6.07) is 6.87. The van der Waals surface area contributed by atoms with Crippen molar-refractivity contribution in [1.29, 1.82) is 0 Å². The lowest BCUT2D eigenvalue weighted by Crippen LogP contribution is -1.95. The van der Waals surface area contributed by atoms with Gasteiger partial charge in [-0.2, -0.15) is 0 Å². The zero-order valence-electron chi connectivity index (χ0n) is 11.9. The van der Waals surface area contributed by atoms with E-state index in [0.717, 1.165) is 18.4 Å². The van der Waals surface area contributed by atoms with Gasteiger partial charge < -0.3 is 0 Å². The Hall–Kier alpha value is -1.22. The Kier molecular flexibility index (Phi) is 4.16. The zero-order valence-corrected chi connectivity index (χ0v) is 12.7. The molecule has 0 aliphatic heterocycles. The molecule has 1 fully saturated rings. The fourth-order valence-electron chi connectivity index (χ4n) is 2.98. The molecule has 0 atom stereocenters. The molecule has 0 spiro atoms. The molecular weight excluding hydrogens is 269 g/mol. The quantitative estimate of drug-likeness (QED) is 0.718. The topological polar surface area (TPSA) is 12.9 Å². The van der Waals surface area contributed by atoms with Gasteiger partial charge in [-0.3, -0.25) is 0 Å². The van der Waals surface area contributed by atoms with Gasteiger partial charge in [0, 0.05) is 5.92 Å². The molecule has 1 aliphatic carbocycles. The first-order chi connectivity index (χ1) is 9.78. The fraction of sp³-hybridized carbons (Fsp3) is 0.471. The van der Waals surface area contributed by atoms with Crippen molar-refractivity contribution in [3.05, 3.63) is 40.8 Å². The van der Waals surface area contributed by atoms with Crippen LogP contribution in [0.1, 0.15) is 55.6 Å². The van der Waals surface area contributed by atoms with Crippen molar-refractivity contribution < 1.29 is 4.39 Å². The van der Waals surface area contributed by atoms with E-state index in [1.807, 2.05) is 12.1 Å². The predicted molar refractivity (Wildman–Crippen MR) is 82.7 cm³/mol. The van der Waals surface area contributed by atoms with Crippen LogP contribution in [0.5, 0.6) is 0 Å². The van der Waals surface area contributed by atoms with Crippen LogP contribution in [0.2, 0.25) is 0 Å². The van der Waals surface area contributed by atoms with Crippen LogP contribution in [0.15, 0.2) is 24.3 Å². The maximum absolute atomic E-state index is 13.1. The number of nitrogens with zero attached hydrogens (tertiary/aromatic N) is 1. The molecule has 1 aromatic carbocycles. The summed E-state index contributed by atoms with van der Waals surface area (Å²) in [6.07, 6.45) is 7.31. The Morgan fingerprint density at radius 1 is 1.20 bits per heavy atom. The minimum absolute atomic E-state index is 0.172. The smallest absolute Gasteiger partial charge is 0.123 e. The molecule has 0 N–H and O–H groups in total. The Balaban J connectivity index is 2.00. The second-order valence-corrected chi connectivity index (χ2v) is 6.64. The number of aryl methyl sites for hydroxylation is 1. The minimum Gasteiger partial charge on any atom is -0.245 e. The average molecular weight is 289 g/mol. The summed E-state index contributed by atoms with van der Waals surface area (Å²) in [5, 5.41) is 1.23. The fourth-order valence-corrected chi connectivity index (χ4v) is 4.24. The molecule has 0 unspecified atom stereocenters. The molecule has 1 aliphatic rings. The lowest BCUT2D eigenvalue weighted by molar-refractivity contribution is 0.628. The van der Waals surface area contributed by atoms with E-state index in [2.05, 4.69) is 6.92 Å². The van der Waals surface area contributed by atoms with Crippen LogP contribution in [0, 0.1) is 5.82 Å². The van der Waals surface area contributed by atoms with E-state index in [-0.39, 0.29) is 5.82 Å². The van der Waals surface area contributed by atoms with E-state index >= 15 is 0 Å². The highest BCUT2D eigenvalue weighted by atomic mass is 32.1. The Morgan fingerprint density at radius 3 is 2.55 bits per heavy atom.